The van der Waals surface area contributed by atoms with Gasteiger partial charge in [-0.2, -0.15) is 13.2 Å². The highest BCUT2D eigenvalue weighted by atomic mass is 28.4. The van der Waals surface area contributed by atoms with Crippen molar-refractivity contribution in [3.8, 4) is 11.1 Å². The van der Waals surface area contributed by atoms with Crippen molar-refractivity contribution in [3.63, 3.8) is 0 Å². The summed E-state index contributed by atoms with van der Waals surface area (Å²) in [5.74, 6) is -3.45. The Bertz CT molecular complexity index is 1290. The van der Waals surface area contributed by atoms with Crippen LogP contribution in [0.2, 0.25) is 0 Å². The van der Waals surface area contributed by atoms with Crippen LogP contribution in [0.1, 0.15) is 17.5 Å². The molecule has 0 bridgehead atoms. The summed E-state index contributed by atoms with van der Waals surface area (Å²) in [7, 11) is -4.38. The first-order chi connectivity index (χ1) is 17.1. The second kappa shape index (κ2) is 9.82. The highest BCUT2D eigenvalue weighted by molar-refractivity contribution is 7.06. The Morgan fingerprint density at radius 1 is 0.667 bits per heavy atom. The zero-order chi connectivity index (χ0) is 26.0. The molecule has 184 valence electrons. The van der Waals surface area contributed by atoms with Crippen LogP contribution in [-0.4, -0.2) is 8.41 Å². The van der Waals surface area contributed by atoms with Gasteiger partial charge in [-0.25, -0.2) is 8.78 Å². The van der Waals surface area contributed by atoms with Gasteiger partial charge in [-0.15, -0.1) is 6.58 Å². The predicted octanol–water partition coefficient (Wildman–Crippen LogP) is 6.98. The largest absolute Gasteiger partial charge is 0.416 e. The minimum atomic E-state index is -4.52. The molecule has 4 aromatic rings. The number of rotatable bonds is 7. The van der Waals surface area contributed by atoms with Gasteiger partial charge in [-0.1, -0.05) is 91.0 Å². The van der Waals surface area contributed by atoms with E-state index < -0.39 is 38.1 Å². The molecular weight excluding hydrogens is 490 g/mol. The lowest BCUT2D eigenvalue weighted by Crippen LogP contribution is -2.65. The molecule has 0 fully saturated rings. The van der Waals surface area contributed by atoms with E-state index in [2.05, 4.69) is 6.58 Å². The highest BCUT2D eigenvalue weighted by Crippen LogP contribution is 2.36. The smallest absolute Gasteiger partial charge is 0.296 e. The maximum Gasteiger partial charge on any atom is 0.416 e. The Kier molecular flexibility index (Phi) is 6.96. The van der Waals surface area contributed by atoms with Crippen molar-refractivity contribution < 1.29 is 26.1 Å². The van der Waals surface area contributed by atoms with Crippen molar-refractivity contribution in [2.24, 2.45) is 0 Å². The average Bonchev–Trinajstić information content (AvgIpc) is 2.88. The van der Waals surface area contributed by atoms with E-state index in [0.29, 0.717) is 15.9 Å². The summed E-state index contributed by atoms with van der Waals surface area (Å²) in [4.78, 5) is 0. The van der Waals surface area contributed by atoms with E-state index in [0.717, 1.165) is 18.2 Å². The van der Waals surface area contributed by atoms with Gasteiger partial charge in [-0.3, -0.25) is 4.11 Å². The minimum Gasteiger partial charge on any atom is -0.296 e. The molecule has 0 N–H and O–H groups in total. The topological polar surface area (TPSA) is 0 Å². The van der Waals surface area contributed by atoms with Crippen LogP contribution in [-0.2, 0) is 12.1 Å². The molecule has 0 amide bonds. The minimum absolute atomic E-state index is 0.109. The Balaban J connectivity index is 1.96. The summed E-state index contributed by atoms with van der Waals surface area (Å²) in [6.07, 6.45) is -4.17. The molecule has 0 aliphatic rings. The van der Waals surface area contributed by atoms with Crippen molar-refractivity contribution in [1.82, 2.24) is 0 Å². The van der Waals surface area contributed by atoms with Crippen molar-refractivity contribution in [2.45, 2.75) is 18.5 Å². The normalized spacial score (nSPS) is 12.4. The molecule has 0 spiro atoms. The van der Waals surface area contributed by atoms with Crippen LogP contribution in [0.25, 0.3) is 11.1 Å². The van der Waals surface area contributed by atoms with Crippen molar-refractivity contribution in [2.75, 3.05) is 0 Å². The van der Waals surface area contributed by atoms with Gasteiger partial charge in [-0.05, 0) is 44.9 Å². The van der Waals surface area contributed by atoms with Crippen LogP contribution in [0.5, 0.6) is 0 Å². The molecule has 0 heterocycles. The van der Waals surface area contributed by atoms with Crippen LogP contribution >= 0.6 is 0 Å². The molecule has 36 heavy (non-hydrogen) atoms. The molecule has 0 atom stereocenters. The second-order valence-electron chi connectivity index (χ2n) is 8.42. The van der Waals surface area contributed by atoms with Gasteiger partial charge in [0.1, 0.15) is 0 Å². The van der Waals surface area contributed by atoms with Crippen LogP contribution in [0.15, 0.2) is 116 Å². The van der Waals surface area contributed by atoms with Crippen LogP contribution in [0.3, 0.4) is 0 Å². The Labute approximate surface area is 206 Å². The molecule has 0 nitrogen and oxygen atoms in total. The summed E-state index contributed by atoms with van der Waals surface area (Å²) < 4.78 is 87.4. The van der Waals surface area contributed by atoms with E-state index in [9.17, 15) is 13.2 Å². The highest BCUT2D eigenvalue weighted by Gasteiger charge is 2.47. The molecule has 0 aromatic heterocycles. The van der Waals surface area contributed by atoms with Gasteiger partial charge < -0.3 is 0 Å². The Morgan fingerprint density at radius 2 is 1.17 bits per heavy atom. The second-order valence-corrected chi connectivity index (χ2v) is 11.4. The maximum absolute atomic E-state index is 17.4. The molecule has 4 aromatic carbocycles. The van der Waals surface area contributed by atoms with Gasteiger partial charge in [0.15, 0.2) is 0 Å². The molecule has 0 radical (unpaired) electrons. The number of benzene rings is 4. The Morgan fingerprint density at radius 3 is 1.64 bits per heavy atom. The van der Waals surface area contributed by atoms with E-state index >= 15 is 12.9 Å². The van der Waals surface area contributed by atoms with Crippen molar-refractivity contribution in [1.29, 1.82) is 0 Å². The van der Waals surface area contributed by atoms with Crippen molar-refractivity contribution >= 4 is 24.0 Å². The zero-order valence-electron chi connectivity index (χ0n) is 19.1. The molecule has 7 heteroatoms. The molecule has 0 aliphatic heterocycles. The van der Waals surface area contributed by atoms with Crippen molar-refractivity contribution in [3.05, 3.63) is 127 Å². The third kappa shape index (κ3) is 4.88. The maximum atomic E-state index is 17.4. The van der Waals surface area contributed by atoms with E-state index in [1.54, 1.807) is 60.7 Å². The predicted molar refractivity (Wildman–Crippen MR) is 134 cm³/mol. The number of hydrogen-bond acceptors (Lipinski definition) is 0. The monoisotopic (exact) mass is 512 g/mol. The van der Waals surface area contributed by atoms with E-state index in [4.69, 9.17) is 0 Å². The SMILES string of the molecule is C=CCC(F)(F)c1cc(-c2ccc(C(F)(F)F)cc2)ccc1[Si](F)(c1ccccc1)c1ccccc1. The summed E-state index contributed by atoms with van der Waals surface area (Å²) in [5, 5.41) is 0.519. The van der Waals surface area contributed by atoms with Gasteiger partial charge >= 0.3 is 14.6 Å². The third-order valence-corrected chi connectivity index (χ3v) is 9.51. The molecule has 0 saturated heterocycles. The first-order valence-electron chi connectivity index (χ1n) is 11.2. The summed E-state index contributed by atoms with van der Waals surface area (Å²) in [5.41, 5.74) is -0.760. The third-order valence-electron chi connectivity index (χ3n) is 6.07. The van der Waals surface area contributed by atoms with E-state index in [-0.39, 0.29) is 10.8 Å². The molecule has 0 saturated carbocycles. The fourth-order valence-corrected chi connectivity index (χ4v) is 7.48. The van der Waals surface area contributed by atoms with Gasteiger partial charge in [0, 0.05) is 12.0 Å². The Hall–Kier alpha value is -3.58. The van der Waals surface area contributed by atoms with Gasteiger partial charge in [0.2, 0.25) is 0 Å². The summed E-state index contributed by atoms with van der Waals surface area (Å²) in [6.45, 7) is 3.42. The average molecular weight is 513 g/mol. The van der Waals surface area contributed by atoms with E-state index in [1.165, 1.54) is 30.3 Å². The van der Waals surface area contributed by atoms with Crippen LogP contribution < -0.4 is 15.6 Å². The first kappa shape index (κ1) is 25.5. The number of alkyl halides is 5. The van der Waals surface area contributed by atoms with E-state index in [1.807, 2.05) is 0 Å². The van der Waals surface area contributed by atoms with Gasteiger partial charge in [0.05, 0.1) is 5.56 Å². The summed E-state index contributed by atoms with van der Waals surface area (Å²) >= 11 is 0. The fraction of sp³-hybridized carbons (Fsp3) is 0.103. The fourth-order valence-electron chi connectivity index (χ4n) is 4.28. The molecule has 0 unspecified atom stereocenters. The van der Waals surface area contributed by atoms with Gasteiger partial charge in [0.25, 0.3) is 5.92 Å². The number of hydrogen-bond donors (Lipinski definition) is 0. The number of allylic oxidation sites excluding steroid dienone is 1. The van der Waals surface area contributed by atoms with Crippen LogP contribution in [0.4, 0.5) is 26.1 Å². The summed E-state index contributed by atoms with van der Waals surface area (Å²) in [6, 6.07) is 24.8. The lowest BCUT2D eigenvalue weighted by molar-refractivity contribution is -0.137. The molecular formula is C29H22F6Si. The lowest BCUT2D eigenvalue weighted by atomic mass is 9.98. The molecule has 0 aliphatic carbocycles. The van der Waals surface area contributed by atoms with Crippen LogP contribution in [0, 0.1) is 0 Å². The zero-order valence-corrected chi connectivity index (χ0v) is 20.1. The standard InChI is InChI=1S/C29H22F6Si/c1-2-19-28(30,31)26-20-22(21-13-16-23(17-14-21)29(32,33)34)15-18-27(26)36(35,24-9-5-3-6-10-24)25-11-7-4-8-12-25/h2-18,20H,1,19H2. The molecule has 4 rings (SSSR count). The number of halogens is 6. The lowest BCUT2D eigenvalue weighted by Gasteiger charge is -2.29. The quantitative estimate of drug-likeness (QED) is 0.0824. The first-order valence-corrected chi connectivity index (χ1v) is 13.1.